The molecule has 0 radical (unpaired) electrons. The molecular weight excluding hydrogens is 198 g/mol. The summed E-state index contributed by atoms with van der Waals surface area (Å²) >= 11 is 0. The van der Waals surface area contributed by atoms with E-state index in [0.717, 1.165) is 23.8 Å². The number of aromatic nitrogens is 1. The zero-order chi connectivity index (χ0) is 11.4. The predicted molar refractivity (Wildman–Crippen MR) is 66.9 cm³/mol. The fourth-order valence-electron chi connectivity index (χ4n) is 2.27. The fourth-order valence-corrected chi connectivity index (χ4v) is 2.27. The van der Waals surface area contributed by atoms with Crippen LogP contribution < -0.4 is 5.73 Å². The maximum atomic E-state index is 5.91. The summed E-state index contributed by atoms with van der Waals surface area (Å²) in [5.41, 5.74) is 7.76. The number of likely N-dealkylation sites (tertiary alicyclic amines) is 1. The Hall–Kier alpha value is -1.09. The van der Waals surface area contributed by atoms with Gasteiger partial charge in [0.05, 0.1) is 11.4 Å². The van der Waals surface area contributed by atoms with E-state index >= 15 is 0 Å². The van der Waals surface area contributed by atoms with Crippen molar-refractivity contribution in [3.05, 3.63) is 24.0 Å². The van der Waals surface area contributed by atoms with Crippen molar-refractivity contribution < 1.29 is 0 Å². The van der Waals surface area contributed by atoms with Gasteiger partial charge in [-0.15, -0.1) is 0 Å². The van der Waals surface area contributed by atoms with Crippen molar-refractivity contribution in [2.75, 3.05) is 18.8 Å². The van der Waals surface area contributed by atoms with Crippen LogP contribution in [0, 0.1) is 5.92 Å². The molecule has 0 aliphatic carbocycles. The first kappa shape index (κ1) is 11.4. The molecule has 1 aliphatic rings. The molecule has 1 saturated heterocycles. The number of nitrogens with two attached hydrogens (primary N) is 1. The summed E-state index contributed by atoms with van der Waals surface area (Å²) in [5, 5.41) is 0. The van der Waals surface area contributed by atoms with Gasteiger partial charge in [-0.2, -0.15) is 0 Å². The highest BCUT2D eigenvalue weighted by Gasteiger charge is 2.14. The maximum absolute atomic E-state index is 5.91. The lowest BCUT2D eigenvalue weighted by atomic mass is 10.0. The maximum Gasteiger partial charge on any atom is 0.0772 e. The van der Waals surface area contributed by atoms with Crippen molar-refractivity contribution in [1.82, 2.24) is 9.88 Å². The van der Waals surface area contributed by atoms with Crippen LogP contribution >= 0.6 is 0 Å². The van der Waals surface area contributed by atoms with Crippen LogP contribution in [-0.2, 0) is 6.54 Å². The lowest BCUT2D eigenvalue weighted by Crippen LogP contribution is -2.25. The number of hydrogen-bond donors (Lipinski definition) is 1. The number of nitrogens with zero attached hydrogens (tertiary/aromatic N) is 2. The molecule has 1 fully saturated rings. The van der Waals surface area contributed by atoms with Crippen LogP contribution in [0.3, 0.4) is 0 Å². The van der Waals surface area contributed by atoms with Gasteiger partial charge in [-0.25, -0.2) is 0 Å². The van der Waals surface area contributed by atoms with Crippen molar-refractivity contribution in [2.45, 2.75) is 32.7 Å². The van der Waals surface area contributed by atoms with Crippen LogP contribution in [0.4, 0.5) is 5.69 Å². The van der Waals surface area contributed by atoms with Crippen molar-refractivity contribution in [3.8, 4) is 0 Å². The summed E-state index contributed by atoms with van der Waals surface area (Å²) in [6.07, 6.45) is 5.78. The average Bonchev–Trinajstić information content (AvgIpc) is 2.47. The Labute approximate surface area is 97.7 Å². The van der Waals surface area contributed by atoms with Crippen molar-refractivity contribution >= 4 is 5.69 Å². The van der Waals surface area contributed by atoms with Crippen LogP contribution in [0.2, 0.25) is 0 Å². The molecule has 0 bridgehead atoms. The zero-order valence-electron chi connectivity index (χ0n) is 10.0. The molecule has 1 unspecified atom stereocenters. The molecule has 2 N–H and O–H groups in total. The van der Waals surface area contributed by atoms with Gasteiger partial charge in [-0.3, -0.25) is 9.88 Å². The predicted octanol–water partition coefficient (Wildman–Crippen LogP) is 2.29. The SMILES string of the molecule is CC1CCCN(Cc2ncccc2N)CC1. The normalized spacial score (nSPS) is 22.9. The van der Waals surface area contributed by atoms with Gasteiger partial charge in [0.2, 0.25) is 0 Å². The molecule has 1 aliphatic heterocycles. The first-order valence-corrected chi connectivity index (χ1v) is 6.17. The highest BCUT2D eigenvalue weighted by atomic mass is 15.1. The monoisotopic (exact) mass is 219 g/mol. The fraction of sp³-hybridized carbons (Fsp3) is 0.615. The molecule has 3 heteroatoms. The Morgan fingerprint density at radius 1 is 1.44 bits per heavy atom. The number of pyridine rings is 1. The molecule has 1 aromatic heterocycles. The van der Waals surface area contributed by atoms with E-state index in [4.69, 9.17) is 5.73 Å². The third-order valence-electron chi connectivity index (χ3n) is 3.41. The van der Waals surface area contributed by atoms with Crippen LogP contribution in [0.5, 0.6) is 0 Å². The van der Waals surface area contributed by atoms with E-state index in [1.54, 1.807) is 0 Å². The second-order valence-corrected chi connectivity index (χ2v) is 4.85. The lowest BCUT2D eigenvalue weighted by molar-refractivity contribution is 0.271. The molecule has 3 nitrogen and oxygen atoms in total. The van der Waals surface area contributed by atoms with Crippen LogP contribution in [-0.4, -0.2) is 23.0 Å². The van der Waals surface area contributed by atoms with Gasteiger partial charge in [0.1, 0.15) is 0 Å². The Morgan fingerprint density at radius 3 is 3.12 bits per heavy atom. The molecule has 88 valence electrons. The van der Waals surface area contributed by atoms with E-state index in [-0.39, 0.29) is 0 Å². The van der Waals surface area contributed by atoms with Crippen LogP contribution in [0.1, 0.15) is 31.9 Å². The summed E-state index contributed by atoms with van der Waals surface area (Å²) in [4.78, 5) is 6.83. The highest BCUT2D eigenvalue weighted by Crippen LogP contribution is 2.19. The Balaban J connectivity index is 1.96. The molecular formula is C13H21N3. The van der Waals surface area contributed by atoms with Crippen molar-refractivity contribution in [3.63, 3.8) is 0 Å². The number of rotatable bonds is 2. The largest absolute Gasteiger partial charge is 0.397 e. The quantitative estimate of drug-likeness (QED) is 0.829. The molecule has 1 aromatic rings. The van der Waals surface area contributed by atoms with E-state index in [0.29, 0.717) is 0 Å². The average molecular weight is 219 g/mol. The van der Waals surface area contributed by atoms with Gasteiger partial charge in [-0.1, -0.05) is 6.92 Å². The molecule has 16 heavy (non-hydrogen) atoms. The minimum absolute atomic E-state index is 0.819. The molecule has 0 aromatic carbocycles. The molecule has 0 saturated carbocycles. The first-order chi connectivity index (χ1) is 7.75. The number of hydrogen-bond acceptors (Lipinski definition) is 3. The van der Waals surface area contributed by atoms with Crippen molar-refractivity contribution in [1.29, 1.82) is 0 Å². The summed E-state index contributed by atoms with van der Waals surface area (Å²) in [6.45, 7) is 5.61. The second kappa shape index (κ2) is 5.30. The standard InChI is InChI=1S/C13H21N3/c1-11-4-3-8-16(9-6-11)10-13-12(14)5-2-7-15-13/h2,5,7,11H,3-4,6,8-10,14H2,1H3. The van der Waals surface area contributed by atoms with E-state index in [9.17, 15) is 0 Å². The topological polar surface area (TPSA) is 42.2 Å². The van der Waals surface area contributed by atoms with Gasteiger partial charge in [-0.05, 0) is 50.4 Å². The van der Waals surface area contributed by atoms with Gasteiger partial charge in [0.15, 0.2) is 0 Å². The van der Waals surface area contributed by atoms with E-state index in [2.05, 4.69) is 16.8 Å². The number of nitrogen functional groups attached to an aromatic ring is 1. The molecule has 2 rings (SSSR count). The summed E-state index contributed by atoms with van der Waals surface area (Å²) in [7, 11) is 0. The number of anilines is 1. The minimum Gasteiger partial charge on any atom is -0.397 e. The summed E-state index contributed by atoms with van der Waals surface area (Å²) in [6, 6.07) is 3.83. The van der Waals surface area contributed by atoms with Crippen LogP contribution in [0.15, 0.2) is 18.3 Å². The Kier molecular flexibility index (Phi) is 3.78. The van der Waals surface area contributed by atoms with E-state index < -0.39 is 0 Å². The summed E-state index contributed by atoms with van der Waals surface area (Å²) < 4.78 is 0. The smallest absolute Gasteiger partial charge is 0.0772 e. The van der Waals surface area contributed by atoms with Crippen molar-refractivity contribution in [2.24, 2.45) is 5.92 Å². The Bertz CT molecular complexity index is 338. The highest BCUT2D eigenvalue weighted by molar-refractivity contribution is 5.41. The third kappa shape index (κ3) is 2.95. The minimum atomic E-state index is 0.819. The molecule has 0 amide bonds. The molecule has 1 atom stereocenters. The zero-order valence-corrected chi connectivity index (χ0v) is 10.0. The summed E-state index contributed by atoms with van der Waals surface area (Å²) in [5.74, 6) is 0.867. The third-order valence-corrected chi connectivity index (χ3v) is 3.41. The molecule has 0 spiro atoms. The van der Waals surface area contributed by atoms with Gasteiger partial charge in [0.25, 0.3) is 0 Å². The molecule has 2 heterocycles. The second-order valence-electron chi connectivity index (χ2n) is 4.85. The van der Waals surface area contributed by atoms with Gasteiger partial charge in [0, 0.05) is 12.7 Å². The van der Waals surface area contributed by atoms with E-state index in [1.807, 2.05) is 18.3 Å². The van der Waals surface area contributed by atoms with Gasteiger partial charge >= 0.3 is 0 Å². The Morgan fingerprint density at radius 2 is 2.31 bits per heavy atom. The first-order valence-electron chi connectivity index (χ1n) is 6.17. The van der Waals surface area contributed by atoms with E-state index in [1.165, 1.54) is 32.4 Å². The van der Waals surface area contributed by atoms with Gasteiger partial charge < -0.3 is 5.73 Å². The van der Waals surface area contributed by atoms with Crippen LogP contribution in [0.25, 0.3) is 0 Å². The lowest BCUT2D eigenvalue weighted by Gasteiger charge is -2.20.